The van der Waals surface area contributed by atoms with E-state index in [1.807, 2.05) is 24.3 Å². The van der Waals surface area contributed by atoms with E-state index in [4.69, 9.17) is 10.6 Å². The molecule has 2 N–H and O–H groups in total. The van der Waals surface area contributed by atoms with Gasteiger partial charge >= 0.3 is 0 Å². The number of carbonyl (C=O) groups excluding carboxylic acids is 1. The van der Waals surface area contributed by atoms with Gasteiger partial charge in [0.1, 0.15) is 5.75 Å². The van der Waals surface area contributed by atoms with Crippen LogP contribution in [0.5, 0.6) is 5.75 Å². The summed E-state index contributed by atoms with van der Waals surface area (Å²) in [5.41, 5.74) is 1.04. The third-order valence-corrected chi connectivity index (χ3v) is 4.56. The molecule has 1 amide bonds. The molecule has 0 fully saturated rings. The fourth-order valence-electron chi connectivity index (χ4n) is 2.26. The Bertz CT molecular complexity index is 747. The van der Waals surface area contributed by atoms with Crippen LogP contribution in [0.4, 0.5) is 0 Å². The predicted molar refractivity (Wildman–Crippen MR) is 104 cm³/mol. The van der Waals surface area contributed by atoms with Gasteiger partial charge in [-0.2, -0.15) is 0 Å². The zero-order chi connectivity index (χ0) is 18.9. The Hall–Kier alpha value is -2.74. The van der Waals surface area contributed by atoms with E-state index in [9.17, 15) is 4.79 Å². The number of nitrogens with zero attached hydrogens (tertiary/aromatic N) is 4. The van der Waals surface area contributed by atoms with Gasteiger partial charge in [0.15, 0.2) is 5.82 Å². The molecule has 0 atom stereocenters. The lowest BCUT2D eigenvalue weighted by atomic mass is 10.1. The van der Waals surface area contributed by atoms with E-state index in [1.54, 1.807) is 24.2 Å². The molecule has 0 aliphatic heterocycles. The second-order valence-electron chi connectivity index (χ2n) is 5.46. The lowest BCUT2D eigenvalue weighted by molar-refractivity contribution is -0.127. The van der Waals surface area contributed by atoms with Gasteiger partial charge < -0.3 is 15.5 Å². The molecule has 0 unspecified atom stereocenters. The summed E-state index contributed by atoms with van der Waals surface area (Å²) in [6.45, 7) is 8.28. The normalized spacial score (nSPS) is 10.3. The van der Waals surface area contributed by atoms with Crippen molar-refractivity contribution in [2.45, 2.75) is 11.6 Å². The molecule has 0 aliphatic carbocycles. The first-order valence-corrected chi connectivity index (χ1v) is 9.02. The highest BCUT2D eigenvalue weighted by molar-refractivity contribution is 7.99. The number of hydrogen-bond acceptors (Lipinski definition) is 6. The number of amides is 1. The molecule has 7 nitrogen and oxygen atoms in total. The molecule has 1 heterocycles. The minimum Gasteiger partial charge on any atom is -0.497 e. The summed E-state index contributed by atoms with van der Waals surface area (Å²) in [7, 11) is 1.63. The lowest BCUT2D eigenvalue weighted by Gasteiger charge is -2.18. The van der Waals surface area contributed by atoms with Crippen LogP contribution in [0.15, 0.2) is 54.7 Å². The highest BCUT2D eigenvalue weighted by atomic mass is 32.2. The number of hydrogen-bond donors (Lipinski definition) is 1. The third-order valence-electron chi connectivity index (χ3n) is 3.63. The summed E-state index contributed by atoms with van der Waals surface area (Å²) >= 11 is 1.26. The van der Waals surface area contributed by atoms with Gasteiger partial charge in [-0.25, -0.2) is 4.68 Å². The molecule has 0 spiro atoms. The van der Waals surface area contributed by atoms with Gasteiger partial charge in [-0.1, -0.05) is 36.0 Å². The van der Waals surface area contributed by atoms with Crippen molar-refractivity contribution in [2.24, 2.45) is 0 Å². The minimum absolute atomic E-state index is 0.0329. The fraction of sp³-hybridized carbons (Fsp3) is 0.278. The Morgan fingerprint density at radius 3 is 2.50 bits per heavy atom. The largest absolute Gasteiger partial charge is 0.497 e. The monoisotopic (exact) mass is 373 g/mol. The Morgan fingerprint density at radius 1 is 1.27 bits per heavy atom. The van der Waals surface area contributed by atoms with Crippen LogP contribution in [0.3, 0.4) is 0 Å². The molecule has 26 heavy (non-hydrogen) atoms. The number of aromatic nitrogens is 3. The number of nitrogens with two attached hydrogens (primary N) is 1. The number of ether oxygens (including phenoxy) is 1. The van der Waals surface area contributed by atoms with Crippen molar-refractivity contribution in [1.82, 2.24) is 19.8 Å². The Kier molecular flexibility index (Phi) is 7.28. The van der Waals surface area contributed by atoms with E-state index in [0.29, 0.717) is 30.5 Å². The number of benzene rings is 1. The van der Waals surface area contributed by atoms with Gasteiger partial charge in [-0.3, -0.25) is 4.79 Å². The van der Waals surface area contributed by atoms with Crippen molar-refractivity contribution in [1.29, 1.82) is 0 Å². The third kappa shape index (κ3) is 5.13. The van der Waals surface area contributed by atoms with Crippen molar-refractivity contribution in [3.63, 3.8) is 0 Å². The van der Waals surface area contributed by atoms with Crippen LogP contribution in [0, 0.1) is 0 Å². The van der Waals surface area contributed by atoms with E-state index >= 15 is 0 Å². The van der Waals surface area contributed by atoms with E-state index in [1.165, 1.54) is 16.4 Å². The Morgan fingerprint density at radius 2 is 1.92 bits per heavy atom. The molecular formula is C18H23N5O2S. The lowest BCUT2D eigenvalue weighted by Crippen LogP contribution is -2.32. The molecule has 2 rings (SSSR count). The number of rotatable bonds is 10. The number of carbonyl (C=O) groups is 1. The average molecular weight is 373 g/mol. The van der Waals surface area contributed by atoms with Gasteiger partial charge in [0, 0.05) is 19.5 Å². The maximum Gasteiger partial charge on any atom is 0.233 e. The SMILES string of the molecule is C=CCN(CC=C)C(=O)CSc1nnc(Cc2ccc(OC)cc2)n1N. The van der Waals surface area contributed by atoms with Crippen molar-refractivity contribution in [3.8, 4) is 5.75 Å². The van der Waals surface area contributed by atoms with Crippen LogP contribution >= 0.6 is 11.8 Å². The number of methoxy groups -OCH3 is 1. The predicted octanol–water partition coefficient (Wildman–Crippen LogP) is 1.88. The minimum atomic E-state index is -0.0329. The van der Waals surface area contributed by atoms with Crippen LogP contribution in [0.1, 0.15) is 11.4 Å². The Labute approximate surface area is 157 Å². The highest BCUT2D eigenvalue weighted by Gasteiger charge is 2.15. The van der Waals surface area contributed by atoms with Crippen LogP contribution in [0.25, 0.3) is 0 Å². The standard InChI is InChI=1S/C18H23N5O2S/c1-4-10-22(11-5-2)17(24)13-26-18-21-20-16(23(18)19)12-14-6-8-15(25-3)9-7-14/h4-9H,1-2,10-13,19H2,3H3. The summed E-state index contributed by atoms with van der Waals surface area (Å²) in [5, 5.41) is 8.71. The molecule has 1 aromatic heterocycles. The van der Waals surface area contributed by atoms with Crippen molar-refractivity contribution in [2.75, 3.05) is 31.8 Å². The van der Waals surface area contributed by atoms with Crippen molar-refractivity contribution in [3.05, 3.63) is 61.0 Å². The molecule has 0 saturated heterocycles. The maximum absolute atomic E-state index is 12.3. The Balaban J connectivity index is 1.98. The molecular weight excluding hydrogens is 350 g/mol. The smallest absolute Gasteiger partial charge is 0.233 e. The second kappa shape index (κ2) is 9.67. The van der Waals surface area contributed by atoms with Crippen molar-refractivity contribution >= 4 is 17.7 Å². The number of thioether (sulfide) groups is 1. The first kappa shape index (κ1) is 19.6. The molecule has 0 radical (unpaired) electrons. The zero-order valence-electron chi connectivity index (χ0n) is 14.8. The molecule has 0 saturated carbocycles. The van der Waals surface area contributed by atoms with Gasteiger partial charge in [0.05, 0.1) is 12.9 Å². The van der Waals surface area contributed by atoms with E-state index in [-0.39, 0.29) is 11.7 Å². The van der Waals surface area contributed by atoms with Crippen LogP contribution in [-0.4, -0.2) is 51.6 Å². The second-order valence-corrected chi connectivity index (χ2v) is 6.40. The quantitative estimate of drug-likeness (QED) is 0.389. The fourth-order valence-corrected chi connectivity index (χ4v) is 3.04. The van der Waals surface area contributed by atoms with Crippen LogP contribution in [-0.2, 0) is 11.2 Å². The number of nitrogen functional groups attached to an aromatic ring is 1. The van der Waals surface area contributed by atoms with Gasteiger partial charge in [-0.05, 0) is 17.7 Å². The first-order chi connectivity index (χ1) is 12.6. The summed E-state index contributed by atoms with van der Waals surface area (Å²) < 4.78 is 6.57. The summed E-state index contributed by atoms with van der Waals surface area (Å²) in [5.74, 6) is 7.68. The molecule has 2 aromatic rings. The maximum atomic E-state index is 12.3. The topological polar surface area (TPSA) is 86.3 Å². The van der Waals surface area contributed by atoms with Gasteiger partial charge in [0.25, 0.3) is 0 Å². The highest BCUT2D eigenvalue weighted by Crippen LogP contribution is 2.18. The first-order valence-electron chi connectivity index (χ1n) is 8.03. The van der Waals surface area contributed by atoms with Gasteiger partial charge in [-0.15, -0.1) is 23.4 Å². The van der Waals surface area contributed by atoms with Crippen molar-refractivity contribution < 1.29 is 9.53 Å². The molecule has 8 heteroatoms. The van der Waals surface area contributed by atoms with E-state index in [2.05, 4.69) is 23.4 Å². The summed E-state index contributed by atoms with van der Waals surface area (Å²) in [4.78, 5) is 13.9. The average Bonchev–Trinajstić information content (AvgIpc) is 3.00. The molecule has 138 valence electrons. The van der Waals surface area contributed by atoms with E-state index < -0.39 is 0 Å². The van der Waals surface area contributed by atoms with Crippen LogP contribution < -0.4 is 10.6 Å². The van der Waals surface area contributed by atoms with Gasteiger partial charge in [0.2, 0.25) is 11.1 Å². The molecule has 0 aliphatic rings. The molecule has 1 aromatic carbocycles. The zero-order valence-corrected chi connectivity index (χ0v) is 15.6. The van der Waals surface area contributed by atoms with Crippen LogP contribution in [0.2, 0.25) is 0 Å². The van der Waals surface area contributed by atoms with E-state index in [0.717, 1.165) is 11.3 Å². The summed E-state index contributed by atoms with van der Waals surface area (Å²) in [6.07, 6.45) is 3.91. The molecule has 0 bridgehead atoms. The summed E-state index contributed by atoms with van der Waals surface area (Å²) in [6, 6.07) is 7.67.